The average Bonchev–Trinajstić information content (AvgIpc) is 2.34. The lowest BCUT2D eigenvalue weighted by molar-refractivity contribution is 0.277. The Morgan fingerprint density at radius 1 is 1.50 bits per heavy atom. The van der Waals surface area contributed by atoms with E-state index in [-0.39, 0.29) is 6.61 Å². The first-order valence-electron chi connectivity index (χ1n) is 3.52. The van der Waals surface area contributed by atoms with E-state index in [4.69, 9.17) is 5.11 Å². The second kappa shape index (κ2) is 2.88. The van der Waals surface area contributed by atoms with Gasteiger partial charge in [-0.3, -0.25) is 0 Å². The van der Waals surface area contributed by atoms with E-state index in [0.717, 1.165) is 5.69 Å². The summed E-state index contributed by atoms with van der Waals surface area (Å²) in [5, 5.41) is 8.70. The van der Waals surface area contributed by atoms with Crippen LogP contribution in [0.2, 0.25) is 0 Å². The highest BCUT2D eigenvalue weighted by molar-refractivity contribution is 5.14. The minimum atomic E-state index is 0.104. The van der Waals surface area contributed by atoms with E-state index in [0.29, 0.717) is 5.92 Å². The number of aromatic nitrogens is 1. The molecule has 0 saturated carbocycles. The summed E-state index contributed by atoms with van der Waals surface area (Å²) in [5.74, 6) is 0.514. The van der Waals surface area contributed by atoms with Crippen LogP contribution in [0.3, 0.4) is 0 Å². The molecule has 10 heavy (non-hydrogen) atoms. The summed E-state index contributed by atoms with van der Waals surface area (Å²) in [4.78, 5) is 3.11. The summed E-state index contributed by atoms with van der Waals surface area (Å²) in [6, 6.07) is 3.92. The van der Waals surface area contributed by atoms with Gasteiger partial charge in [0.1, 0.15) is 0 Å². The van der Waals surface area contributed by atoms with Crippen molar-refractivity contribution in [1.29, 1.82) is 0 Å². The van der Waals surface area contributed by atoms with Crippen LogP contribution >= 0.6 is 0 Å². The van der Waals surface area contributed by atoms with E-state index >= 15 is 0 Å². The lowest BCUT2D eigenvalue weighted by atomic mass is 10.1. The second-order valence-electron chi connectivity index (χ2n) is 2.75. The lowest BCUT2D eigenvalue weighted by Gasteiger charge is -1.98. The Bertz CT molecular complexity index is 203. The van der Waals surface area contributed by atoms with E-state index < -0.39 is 0 Å². The minimum Gasteiger partial charge on any atom is -0.390 e. The highest BCUT2D eigenvalue weighted by Crippen LogP contribution is 2.12. The molecule has 0 aromatic carbocycles. The molecule has 2 heteroatoms. The monoisotopic (exact) mass is 139 g/mol. The zero-order valence-electron chi connectivity index (χ0n) is 6.39. The number of hydrogen-bond donors (Lipinski definition) is 2. The van der Waals surface area contributed by atoms with Crippen LogP contribution < -0.4 is 0 Å². The Morgan fingerprint density at radius 3 is 2.50 bits per heavy atom. The van der Waals surface area contributed by atoms with Gasteiger partial charge < -0.3 is 10.1 Å². The SMILES string of the molecule is CC(C)c1ccc(CO)[nH]1. The van der Waals surface area contributed by atoms with Crippen LogP contribution in [0, 0.1) is 0 Å². The summed E-state index contributed by atoms with van der Waals surface area (Å²) in [6.07, 6.45) is 0. The molecule has 0 spiro atoms. The molecule has 0 radical (unpaired) electrons. The molecule has 0 bridgehead atoms. The second-order valence-corrected chi connectivity index (χ2v) is 2.75. The molecule has 56 valence electrons. The van der Waals surface area contributed by atoms with E-state index in [2.05, 4.69) is 18.8 Å². The zero-order chi connectivity index (χ0) is 7.56. The van der Waals surface area contributed by atoms with Gasteiger partial charge >= 0.3 is 0 Å². The summed E-state index contributed by atoms with van der Waals surface area (Å²) < 4.78 is 0. The average molecular weight is 139 g/mol. The van der Waals surface area contributed by atoms with Gasteiger partial charge in [-0.1, -0.05) is 13.8 Å². The van der Waals surface area contributed by atoms with Crippen LogP contribution in [-0.4, -0.2) is 10.1 Å². The summed E-state index contributed by atoms with van der Waals surface area (Å²) >= 11 is 0. The predicted molar refractivity (Wildman–Crippen MR) is 40.8 cm³/mol. The van der Waals surface area contributed by atoms with Crippen molar-refractivity contribution in [2.24, 2.45) is 0 Å². The minimum absolute atomic E-state index is 0.104. The molecule has 1 heterocycles. The molecule has 0 unspecified atom stereocenters. The third-order valence-electron chi connectivity index (χ3n) is 1.56. The maximum absolute atomic E-state index is 8.70. The van der Waals surface area contributed by atoms with E-state index in [9.17, 15) is 0 Å². The molecule has 0 saturated heterocycles. The fourth-order valence-corrected chi connectivity index (χ4v) is 0.888. The smallest absolute Gasteiger partial charge is 0.0830 e. The highest BCUT2D eigenvalue weighted by atomic mass is 16.3. The molecule has 1 rings (SSSR count). The largest absolute Gasteiger partial charge is 0.390 e. The first kappa shape index (κ1) is 7.35. The van der Waals surface area contributed by atoms with E-state index in [1.807, 2.05) is 12.1 Å². The van der Waals surface area contributed by atoms with E-state index in [1.165, 1.54) is 5.69 Å². The number of nitrogens with one attached hydrogen (secondary N) is 1. The molecule has 0 fully saturated rings. The van der Waals surface area contributed by atoms with Gasteiger partial charge in [0.25, 0.3) is 0 Å². The third kappa shape index (κ3) is 1.39. The molecule has 0 aliphatic rings. The van der Waals surface area contributed by atoms with Crippen molar-refractivity contribution in [2.75, 3.05) is 0 Å². The topological polar surface area (TPSA) is 36.0 Å². The van der Waals surface area contributed by atoms with Crippen molar-refractivity contribution in [3.8, 4) is 0 Å². The Balaban J connectivity index is 2.78. The van der Waals surface area contributed by atoms with Crippen molar-refractivity contribution in [2.45, 2.75) is 26.4 Å². The Hall–Kier alpha value is -0.760. The van der Waals surface area contributed by atoms with Crippen LogP contribution in [0.4, 0.5) is 0 Å². The maximum atomic E-state index is 8.70. The van der Waals surface area contributed by atoms with Gasteiger partial charge in [-0.2, -0.15) is 0 Å². The molecular formula is C8H13NO. The van der Waals surface area contributed by atoms with Crippen LogP contribution in [0.25, 0.3) is 0 Å². The van der Waals surface area contributed by atoms with E-state index in [1.54, 1.807) is 0 Å². The Labute approximate surface area is 60.9 Å². The molecule has 0 atom stereocenters. The number of aliphatic hydroxyl groups is 1. The van der Waals surface area contributed by atoms with Gasteiger partial charge in [0.15, 0.2) is 0 Å². The molecule has 0 aliphatic carbocycles. The molecular weight excluding hydrogens is 126 g/mol. The van der Waals surface area contributed by atoms with Gasteiger partial charge in [0.2, 0.25) is 0 Å². The van der Waals surface area contributed by atoms with Crippen LogP contribution in [-0.2, 0) is 6.61 Å². The maximum Gasteiger partial charge on any atom is 0.0830 e. The number of hydrogen-bond acceptors (Lipinski definition) is 1. The predicted octanol–water partition coefficient (Wildman–Crippen LogP) is 1.63. The van der Waals surface area contributed by atoms with Crippen molar-refractivity contribution in [3.63, 3.8) is 0 Å². The normalized spacial score (nSPS) is 10.8. The van der Waals surface area contributed by atoms with Crippen molar-refractivity contribution >= 4 is 0 Å². The summed E-state index contributed by atoms with van der Waals surface area (Å²) in [6.45, 7) is 4.34. The Kier molecular flexibility index (Phi) is 2.12. The van der Waals surface area contributed by atoms with Crippen LogP contribution in [0.15, 0.2) is 12.1 Å². The molecule has 2 N–H and O–H groups in total. The molecule has 0 amide bonds. The van der Waals surface area contributed by atoms with Crippen LogP contribution in [0.1, 0.15) is 31.2 Å². The van der Waals surface area contributed by atoms with Gasteiger partial charge in [-0.05, 0) is 18.1 Å². The lowest BCUT2D eigenvalue weighted by Crippen LogP contribution is -1.88. The molecule has 2 nitrogen and oxygen atoms in total. The number of rotatable bonds is 2. The molecule has 0 aliphatic heterocycles. The first-order valence-corrected chi connectivity index (χ1v) is 3.52. The van der Waals surface area contributed by atoms with Gasteiger partial charge in [0.05, 0.1) is 6.61 Å². The van der Waals surface area contributed by atoms with Gasteiger partial charge in [0, 0.05) is 11.4 Å². The highest BCUT2D eigenvalue weighted by Gasteiger charge is 2.00. The van der Waals surface area contributed by atoms with Crippen molar-refractivity contribution < 1.29 is 5.11 Å². The number of aliphatic hydroxyl groups excluding tert-OH is 1. The zero-order valence-corrected chi connectivity index (χ0v) is 6.39. The van der Waals surface area contributed by atoms with Crippen molar-refractivity contribution in [3.05, 3.63) is 23.5 Å². The van der Waals surface area contributed by atoms with Crippen molar-refractivity contribution in [1.82, 2.24) is 4.98 Å². The first-order chi connectivity index (χ1) is 4.74. The molecule has 1 aromatic heterocycles. The van der Waals surface area contributed by atoms with Crippen LogP contribution in [0.5, 0.6) is 0 Å². The fourth-order valence-electron chi connectivity index (χ4n) is 0.888. The standard InChI is InChI=1S/C8H13NO/c1-6(2)8-4-3-7(5-10)9-8/h3-4,6,9-10H,5H2,1-2H3. The summed E-state index contributed by atoms with van der Waals surface area (Å²) in [7, 11) is 0. The van der Waals surface area contributed by atoms with Gasteiger partial charge in [-0.15, -0.1) is 0 Å². The number of aromatic amines is 1. The number of H-pyrrole nitrogens is 1. The Morgan fingerprint density at radius 2 is 2.20 bits per heavy atom. The quantitative estimate of drug-likeness (QED) is 0.641. The third-order valence-corrected chi connectivity index (χ3v) is 1.56. The summed E-state index contributed by atoms with van der Waals surface area (Å²) in [5.41, 5.74) is 2.08. The fraction of sp³-hybridized carbons (Fsp3) is 0.500. The molecule has 1 aromatic rings. The van der Waals surface area contributed by atoms with Gasteiger partial charge in [-0.25, -0.2) is 0 Å².